The number of aromatic hydroxyl groups is 1. The molecule has 5 nitrogen and oxygen atoms in total. The van der Waals surface area contributed by atoms with Crippen LogP contribution in [-0.4, -0.2) is 21.2 Å². The van der Waals surface area contributed by atoms with E-state index in [-0.39, 0.29) is 11.3 Å². The molecular weight excluding hydrogens is 382 g/mol. The Morgan fingerprint density at radius 3 is 2.37 bits per heavy atom. The van der Waals surface area contributed by atoms with Crippen molar-refractivity contribution >= 4 is 28.6 Å². The molecule has 7 heteroatoms. The number of carboxylic acids is 1. The molecule has 0 aliphatic rings. The summed E-state index contributed by atoms with van der Waals surface area (Å²) in [4.78, 5) is 29.4. The molecule has 0 atom stereocenters. The van der Waals surface area contributed by atoms with E-state index in [0.717, 1.165) is 14.6 Å². The number of hydrogen-bond donors (Lipinski definition) is 3. The van der Waals surface area contributed by atoms with Crippen LogP contribution < -0.4 is 5.56 Å². The highest BCUT2D eigenvalue weighted by Gasteiger charge is 2.18. The minimum Gasteiger partial charge on any atom is -0.508 e. The van der Waals surface area contributed by atoms with Crippen molar-refractivity contribution in [2.75, 3.05) is 0 Å². The van der Waals surface area contributed by atoms with Gasteiger partial charge in [0.1, 0.15) is 11.3 Å². The number of carbonyl (C=O) groups is 1. The largest absolute Gasteiger partial charge is 0.508 e. The van der Waals surface area contributed by atoms with E-state index in [1.165, 1.54) is 29.5 Å². The number of rotatable bonds is 4. The molecule has 0 aliphatic heterocycles. The molecule has 0 spiro atoms. The van der Waals surface area contributed by atoms with Crippen molar-refractivity contribution in [2.45, 2.75) is 0 Å². The second-order valence-electron chi connectivity index (χ2n) is 5.79. The number of aromatic carboxylic acids is 1. The lowest BCUT2D eigenvalue weighted by Crippen LogP contribution is -2.18. The Balaban J connectivity index is 1.91. The van der Waals surface area contributed by atoms with E-state index in [0.29, 0.717) is 16.8 Å². The molecule has 27 heavy (non-hydrogen) atoms. The predicted octanol–water partition coefficient (Wildman–Crippen LogP) is 4.90. The Kier molecular flexibility index (Phi) is 4.39. The quantitative estimate of drug-likeness (QED) is 0.458. The van der Waals surface area contributed by atoms with Crippen molar-refractivity contribution in [3.63, 3.8) is 0 Å². The van der Waals surface area contributed by atoms with Gasteiger partial charge < -0.3 is 15.2 Å². The van der Waals surface area contributed by atoms with E-state index in [1.54, 1.807) is 23.5 Å². The zero-order valence-corrected chi connectivity index (χ0v) is 15.4. The highest BCUT2D eigenvalue weighted by atomic mass is 32.1. The topological polar surface area (TPSA) is 90.4 Å². The maximum absolute atomic E-state index is 12.3. The third-order valence-electron chi connectivity index (χ3n) is 4.07. The molecule has 0 fully saturated rings. The lowest BCUT2D eigenvalue weighted by molar-refractivity contribution is 0.0695. The SMILES string of the molecule is O=C(O)c1cc(-c2ccc(O)cc2)c(-c2ccc(-c3cccs3)s2)[nH]c1=O. The lowest BCUT2D eigenvalue weighted by Gasteiger charge is -2.10. The van der Waals surface area contributed by atoms with Gasteiger partial charge in [-0.3, -0.25) is 4.79 Å². The third-order valence-corrected chi connectivity index (χ3v) is 6.23. The van der Waals surface area contributed by atoms with Crippen LogP contribution >= 0.6 is 22.7 Å². The molecule has 3 aromatic heterocycles. The van der Waals surface area contributed by atoms with E-state index in [1.807, 2.05) is 29.6 Å². The van der Waals surface area contributed by atoms with Crippen molar-refractivity contribution in [3.8, 4) is 37.2 Å². The van der Waals surface area contributed by atoms with E-state index >= 15 is 0 Å². The molecule has 4 aromatic rings. The average Bonchev–Trinajstić information content (AvgIpc) is 3.33. The predicted molar refractivity (Wildman–Crippen MR) is 108 cm³/mol. The fourth-order valence-electron chi connectivity index (χ4n) is 2.78. The number of phenols is 1. The van der Waals surface area contributed by atoms with Gasteiger partial charge in [-0.25, -0.2) is 4.79 Å². The molecule has 0 aliphatic carbocycles. The average molecular weight is 395 g/mol. The molecule has 3 N–H and O–H groups in total. The van der Waals surface area contributed by atoms with Crippen LogP contribution in [0.1, 0.15) is 10.4 Å². The summed E-state index contributed by atoms with van der Waals surface area (Å²) in [7, 11) is 0. The number of aromatic amines is 1. The molecule has 134 valence electrons. The smallest absolute Gasteiger partial charge is 0.341 e. The van der Waals surface area contributed by atoms with Gasteiger partial charge in [-0.05, 0) is 47.3 Å². The number of thiophene rings is 2. The Morgan fingerprint density at radius 2 is 1.70 bits per heavy atom. The minimum absolute atomic E-state index is 0.110. The van der Waals surface area contributed by atoms with Gasteiger partial charge in [-0.15, -0.1) is 22.7 Å². The maximum Gasteiger partial charge on any atom is 0.341 e. The molecule has 0 unspecified atom stereocenters. The molecule has 0 radical (unpaired) electrons. The van der Waals surface area contributed by atoms with Crippen molar-refractivity contribution in [3.05, 3.63) is 75.9 Å². The Hall–Kier alpha value is -3.16. The minimum atomic E-state index is -1.28. The number of carboxylic acid groups (broad SMARTS) is 1. The summed E-state index contributed by atoms with van der Waals surface area (Å²) >= 11 is 3.15. The fourth-order valence-corrected chi connectivity index (χ4v) is 4.63. The van der Waals surface area contributed by atoms with Crippen molar-refractivity contribution in [2.24, 2.45) is 0 Å². The lowest BCUT2D eigenvalue weighted by atomic mass is 10.0. The molecular formula is C20H13NO4S2. The van der Waals surface area contributed by atoms with Crippen LogP contribution in [0.2, 0.25) is 0 Å². The van der Waals surface area contributed by atoms with Gasteiger partial charge in [-0.2, -0.15) is 0 Å². The third kappa shape index (κ3) is 3.30. The van der Waals surface area contributed by atoms with Crippen molar-refractivity contribution < 1.29 is 15.0 Å². The Labute approximate surface area is 161 Å². The monoisotopic (exact) mass is 395 g/mol. The summed E-state index contributed by atoms with van der Waals surface area (Å²) in [5.41, 5.74) is 0.880. The summed E-state index contributed by atoms with van der Waals surface area (Å²) in [6.45, 7) is 0. The van der Waals surface area contributed by atoms with Crippen molar-refractivity contribution in [1.82, 2.24) is 4.98 Å². The summed E-state index contributed by atoms with van der Waals surface area (Å²) in [5.74, 6) is -1.17. The Morgan fingerprint density at radius 1 is 0.963 bits per heavy atom. The number of aromatic nitrogens is 1. The first-order chi connectivity index (χ1) is 13.0. The first-order valence-electron chi connectivity index (χ1n) is 7.97. The highest BCUT2D eigenvalue weighted by molar-refractivity contribution is 7.23. The Bertz CT molecular complexity index is 1170. The van der Waals surface area contributed by atoms with E-state index in [4.69, 9.17) is 0 Å². The van der Waals surface area contributed by atoms with Crippen molar-refractivity contribution in [1.29, 1.82) is 0 Å². The van der Waals surface area contributed by atoms with Gasteiger partial charge in [0.15, 0.2) is 0 Å². The maximum atomic E-state index is 12.3. The summed E-state index contributed by atoms with van der Waals surface area (Å²) in [6.07, 6.45) is 0. The molecule has 0 amide bonds. The van der Waals surface area contributed by atoms with Crippen LogP contribution in [-0.2, 0) is 0 Å². The van der Waals surface area contributed by atoms with Crippen LogP contribution in [0.4, 0.5) is 0 Å². The number of hydrogen-bond acceptors (Lipinski definition) is 5. The summed E-state index contributed by atoms with van der Waals surface area (Å²) < 4.78 is 0. The number of nitrogens with one attached hydrogen (secondary N) is 1. The van der Waals surface area contributed by atoms with Gasteiger partial charge in [0, 0.05) is 15.3 Å². The van der Waals surface area contributed by atoms with E-state index in [9.17, 15) is 19.8 Å². The standard InChI is InChI=1S/C20H13NO4S2/c22-12-5-3-11(4-6-12)13-10-14(20(24)25)19(23)21-18(13)17-8-7-16(27-17)15-2-1-9-26-15/h1-10,22H,(H,21,23)(H,24,25). The second-order valence-corrected chi connectivity index (χ2v) is 7.83. The fraction of sp³-hybridized carbons (Fsp3) is 0. The molecule has 0 saturated carbocycles. The summed E-state index contributed by atoms with van der Waals surface area (Å²) in [5, 5.41) is 20.9. The van der Waals surface area contributed by atoms with Gasteiger partial charge in [0.25, 0.3) is 5.56 Å². The van der Waals surface area contributed by atoms with Crippen LogP contribution in [0.5, 0.6) is 5.75 Å². The van der Waals surface area contributed by atoms with Gasteiger partial charge in [0.2, 0.25) is 0 Å². The molecule has 3 heterocycles. The van der Waals surface area contributed by atoms with E-state index in [2.05, 4.69) is 4.98 Å². The zero-order chi connectivity index (χ0) is 19.0. The second kappa shape index (κ2) is 6.86. The molecule has 4 rings (SSSR count). The number of phenolic OH excluding ortho intramolecular Hbond substituents is 1. The number of H-pyrrole nitrogens is 1. The van der Waals surface area contributed by atoms with Crippen LogP contribution in [0.15, 0.2) is 64.8 Å². The van der Waals surface area contributed by atoms with Gasteiger partial charge in [0.05, 0.1) is 10.6 Å². The van der Waals surface area contributed by atoms with Crippen LogP contribution in [0.25, 0.3) is 31.5 Å². The zero-order valence-electron chi connectivity index (χ0n) is 13.8. The summed E-state index contributed by atoms with van der Waals surface area (Å²) in [6, 6.07) is 15.7. The molecule has 0 bridgehead atoms. The number of pyridine rings is 1. The number of benzene rings is 1. The first kappa shape index (κ1) is 17.3. The first-order valence-corrected chi connectivity index (χ1v) is 9.66. The van der Waals surface area contributed by atoms with Crippen LogP contribution in [0.3, 0.4) is 0 Å². The normalized spacial score (nSPS) is 10.8. The van der Waals surface area contributed by atoms with E-state index < -0.39 is 11.5 Å². The van der Waals surface area contributed by atoms with Crippen LogP contribution in [0, 0.1) is 0 Å². The van der Waals surface area contributed by atoms with Gasteiger partial charge in [-0.1, -0.05) is 18.2 Å². The highest BCUT2D eigenvalue weighted by Crippen LogP contribution is 2.39. The molecule has 1 aromatic carbocycles. The van der Waals surface area contributed by atoms with Gasteiger partial charge >= 0.3 is 5.97 Å². The molecule has 0 saturated heterocycles.